The molecule has 0 bridgehead atoms. The molecule has 3 aromatic heterocycles. The van der Waals surface area contributed by atoms with Gasteiger partial charge in [-0.25, -0.2) is 4.98 Å². The first-order valence-electron chi connectivity index (χ1n) is 11.3. The minimum Gasteiger partial charge on any atom is -0.491 e. The van der Waals surface area contributed by atoms with Crippen molar-refractivity contribution < 1.29 is 4.74 Å². The van der Waals surface area contributed by atoms with Crippen LogP contribution in [-0.4, -0.2) is 56.3 Å². The van der Waals surface area contributed by atoms with E-state index in [1.54, 1.807) is 15.2 Å². The van der Waals surface area contributed by atoms with Crippen molar-refractivity contribution in [2.24, 2.45) is 0 Å². The minimum absolute atomic E-state index is 0.0366. The highest BCUT2D eigenvalue weighted by atomic mass is 16.5. The Balaban J connectivity index is 1.07. The summed E-state index contributed by atoms with van der Waals surface area (Å²) in [4.78, 5) is 36.0. The van der Waals surface area contributed by atoms with Crippen LogP contribution in [0.4, 0.5) is 0 Å². The van der Waals surface area contributed by atoms with Crippen LogP contribution in [0.5, 0.6) is 5.75 Å². The Labute approximate surface area is 184 Å². The van der Waals surface area contributed by atoms with Gasteiger partial charge in [-0.05, 0) is 38.1 Å². The minimum atomic E-state index is -0.136. The molecule has 1 atom stereocenters. The van der Waals surface area contributed by atoms with Crippen LogP contribution >= 0.6 is 0 Å². The number of likely N-dealkylation sites (tertiary alicyclic amines) is 1. The lowest BCUT2D eigenvalue weighted by Crippen LogP contribution is -2.44. The first kappa shape index (κ1) is 19.6. The molecule has 9 heteroatoms. The summed E-state index contributed by atoms with van der Waals surface area (Å²) in [5.41, 5.74) is 3.45. The van der Waals surface area contributed by atoms with E-state index in [-0.39, 0.29) is 17.2 Å². The molecular weight excluding hydrogens is 408 g/mol. The van der Waals surface area contributed by atoms with Crippen molar-refractivity contribution in [2.45, 2.75) is 44.4 Å². The van der Waals surface area contributed by atoms with Crippen LogP contribution in [0, 0.1) is 0 Å². The SMILES string of the molecule is O=c1ccc2ncc(=O)n3c2n1C[C@H]3CN1CCC(NCc2cc3c(cn2)OCC3)CC1. The molecule has 1 fully saturated rings. The first-order chi connectivity index (χ1) is 15.7. The maximum Gasteiger partial charge on any atom is 0.270 e. The molecule has 0 amide bonds. The molecule has 9 nitrogen and oxygen atoms in total. The first-order valence-corrected chi connectivity index (χ1v) is 11.3. The summed E-state index contributed by atoms with van der Waals surface area (Å²) >= 11 is 0. The number of nitrogens with zero attached hydrogens (tertiary/aromatic N) is 5. The van der Waals surface area contributed by atoms with Crippen molar-refractivity contribution in [2.75, 3.05) is 26.2 Å². The number of fused-ring (bicyclic) bond motifs is 1. The zero-order valence-corrected chi connectivity index (χ0v) is 17.9. The van der Waals surface area contributed by atoms with Gasteiger partial charge in [0.15, 0.2) is 0 Å². The third-order valence-corrected chi connectivity index (χ3v) is 6.94. The van der Waals surface area contributed by atoms with E-state index >= 15 is 0 Å². The fourth-order valence-corrected chi connectivity index (χ4v) is 5.26. The highest BCUT2D eigenvalue weighted by Crippen LogP contribution is 2.25. The van der Waals surface area contributed by atoms with Gasteiger partial charge in [0.1, 0.15) is 16.9 Å². The highest BCUT2D eigenvalue weighted by Gasteiger charge is 2.29. The summed E-state index contributed by atoms with van der Waals surface area (Å²) in [7, 11) is 0. The zero-order chi connectivity index (χ0) is 21.7. The molecule has 0 unspecified atom stereocenters. The van der Waals surface area contributed by atoms with Gasteiger partial charge < -0.3 is 15.0 Å². The number of rotatable bonds is 5. The monoisotopic (exact) mass is 434 g/mol. The zero-order valence-electron chi connectivity index (χ0n) is 17.9. The van der Waals surface area contributed by atoms with Gasteiger partial charge in [-0.3, -0.25) is 23.7 Å². The lowest BCUT2D eigenvalue weighted by atomic mass is 10.0. The van der Waals surface area contributed by atoms with E-state index < -0.39 is 0 Å². The summed E-state index contributed by atoms with van der Waals surface area (Å²) < 4.78 is 8.99. The van der Waals surface area contributed by atoms with Crippen LogP contribution in [0.1, 0.15) is 30.1 Å². The van der Waals surface area contributed by atoms with Crippen molar-refractivity contribution in [1.29, 1.82) is 0 Å². The fraction of sp³-hybridized carbons (Fsp3) is 0.478. The van der Waals surface area contributed by atoms with E-state index in [1.807, 2.05) is 6.20 Å². The topological polar surface area (TPSA) is 94.3 Å². The van der Waals surface area contributed by atoms with Crippen molar-refractivity contribution in [3.63, 3.8) is 0 Å². The van der Waals surface area contributed by atoms with Crippen LogP contribution in [0.3, 0.4) is 0 Å². The van der Waals surface area contributed by atoms with Crippen molar-refractivity contribution >= 4 is 11.2 Å². The molecule has 0 aromatic carbocycles. The van der Waals surface area contributed by atoms with Gasteiger partial charge in [-0.1, -0.05) is 0 Å². The number of pyridine rings is 2. The Kier molecular flexibility index (Phi) is 4.80. The molecule has 3 aliphatic heterocycles. The second-order valence-corrected chi connectivity index (χ2v) is 8.95. The lowest BCUT2D eigenvalue weighted by molar-refractivity contribution is 0.171. The predicted octanol–water partition coefficient (Wildman–Crippen LogP) is 0.697. The summed E-state index contributed by atoms with van der Waals surface area (Å²) in [6.07, 6.45) is 6.27. The molecule has 3 aromatic rings. The highest BCUT2D eigenvalue weighted by molar-refractivity contribution is 5.71. The lowest BCUT2D eigenvalue weighted by Gasteiger charge is -2.34. The van der Waals surface area contributed by atoms with Gasteiger partial charge in [0.05, 0.1) is 30.7 Å². The van der Waals surface area contributed by atoms with Crippen LogP contribution in [0.15, 0.2) is 40.2 Å². The van der Waals surface area contributed by atoms with Crippen LogP contribution in [0.25, 0.3) is 11.2 Å². The molecule has 6 rings (SSSR count). The van der Waals surface area contributed by atoms with Crippen molar-refractivity contribution in [3.05, 3.63) is 62.6 Å². The Hall–Kier alpha value is -3.04. The van der Waals surface area contributed by atoms with Crippen LogP contribution in [-0.2, 0) is 19.5 Å². The molecule has 0 radical (unpaired) electrons. The third kappa shape index (κ3) is 3.41. The standard InChI is InChI=1S/C23H26N6O3/c30-21-2-1-19-23-28(21)14-18(29(23)22(31)12-26-19)13-27-6-3-16(4-7-27)24-10-17-9-15-5-8-32-20(15)11-25-17/h1-2,9,11-12,16,18,24H,3-8,10,13-14H2/t18-/m1/s1. The van der Waals surface area contributed by atoms with Gasteiger partial charge in [0.25, 0.3) is 11.1 Å². The number of piperidine rings is 1. The largest absolute Gasteiger partial charge is 0.491 e. The van der Waals surface area contributed by atoms with E-state index in [2.05, 4.69) is 26.3 Å². The Morgan fingerprint density at radius 2 is 1.97 bits per heavy atom. The number of aromatic nitrogens is 4. The normalized spacial score (nSPS) is 20.6. The van der Waals surface area contributed by atoms with Gasteiger partial charge in [0, 0.05) is 43.7 Å². The molecule has 32 heavy (non-hydrogen) atoms. The Bertz CT molecular complexity index is 1290. The average Bonchev–Trinajstić information content (AvgIpc) is 3.43. The van der Waals surface area contributed by atoms with Gasteiger partial charge >= 0.3 is 0 Å². The van der Waals surface area contributed by atoms with Gasteiger partial charge in [0.2, 0.25) is 0 Å². The van der Waals surface area contributed by atoms with E-state index in [1.165, 1.54) is 17.8 Å². The summed E-state index contributed by atoms with van der Waals surface area (Å²) in [5.74, 6) is 0.920. The molecular formula is C23H26N6O3. The molecule has 1 N–H and O–H groups in total. The fourth-order valence-electron chi connectivity index (χ4n) is 5.26. The average molecular weight is 435 g/mol. The van der Waals surface area contributed by atoms with Gasteiger partial charge in [-0.15, -0.1) is 0 Å². The number of hydrogen-bond acceptors (Lipinski definition) is 7. The van der Waals surface area contributed by atoms with Crippen LogP contribution in [0.2, 0.25) is 0 Å². The van der Waals surface area contributed by atoms with E-state index in [0.717, 1.165) is 63.5 Å². The quantitative estimate of drug-likeness (QED) is 0.632. The summed E-state index contributed by atoms with van der Waals surface area (Å²) in [6, 6.07) is 5.80. The summed E-state index contributed by atoms with van der Waals surface area (Å²) in [5, 5.41) is 3.65. The summed E-state index contributed by atoms with van der Waals surface area (Å²) in [6.45, 7) is 4.75. The molecule has 3 aliphatic rings. The molecule has 0 aliphatic carbocycles. The van der Waals surface area contributed by atoms with Crippen molar-refractivity contribution in [3.8, 4) is 5.75 Å². The molecule has 0 spiro atoms. The van der Waals surface area contributed by atoms with Crippen LogP contribution < -0.4 is 21.2 Å². The maximum absolute atomic E-state index is 12.5. The molecule has 1 saturated heterocycles. The van der Waals surface area contributed by atoms with Gasteiger partial charge in [-0.2, -0.15) is 0 Å². The second kappa shape index (κ2) is 7.83. The van der Waals surface area contributed by atoms with E-state index in [9.17, 15) is 9.59 Å². The Morgan fingerprint density at radius 1 is 1.09 bits per heavy atom. The number of hydrogen-bond donors (Lipinski definition) is 1. The second-order valence-electron chi connectivity index (χ2n) is 8.95. The maximum atomic E-state index is 12.5. The third-order valence-electron chi connectivity index (χ3n) is 6.94. The molecule has 166 valence electrons. The Morgan fingerprint density at radius 3 is 2.84 bits per heavy atom. The van der Waals surface area contributed by atoms with E-state index in [0.29, 0.717) is 23.8 Å². The molecule has 6 heterocycles. The smallest absolute Gasteiger partial charge is 0.270 e. The van der Waals surface area contributed by atoms with Crippen molar-refractivity contribution in [1.82, 2.24) is 29.3 Å². The molecule has 0 saturated carbocycles. The predicted molar refractivity (Wildman–Crippen MR) is 119 cm³/mol. The number of nitrogens with one attached hydrogen (secondary N) is 1. The number of ether oxygens (including phenoxy) is 1. The van der Waals surface area contributed by atoms with E-state index in [4.69, 9.17) is 4.74 Å².